The van der Waals surface area contributed by atoms with Crippen molar-refractivity contribution in [2.45, 2.75) is 26.1 Å². The Hall–Kier alpha value is -1.86. The Balaban J connectivity index is 2.29. The first-order chi connectivity index (χ1) is 12.2. The number of hydrogen-bond acceptors (Lipinski definition) is 2. The van der Waals surface area contributed by atoms with Gasteiger partial charge in [-0.15, -0.1) is 24.3 Å². The predicted molar refractivity (Wildman–Crippen MR) is 106 cm³/mol. The van der Waals surface area contributed by atoms with Crippen LogP contribution in [-0.4, -0.2) is 14.2 Å². The van der Waals surface area contributed by atoms with Crippen molar-refractivity contribution in [1.82, 2.24) is 0 Å². The minimum atomic E-state index is -0.650. The molecule has 0 N–H and O–H groups in total. The van der Waals surface area contributed by atoms with Crippen molar-refractivity contribution in [2.24, 2.45) is 0 Å². The third kappa shape index (κ3) is 3.57. The average molecular weight is 352 g/mol. The smallest absolute Gasteiger partial charge is 0.0604 e. The molecule has 0 heterocycles. The lowest BCUT2D eigenvalue weighted by atomic mass is 10.2. The van der Waals surface area contributed by atoms with Gasteiger partial charge in [0.25, 0.3) is 0 Å². The van der Waals surface area contributed by atoms with Gasteiger partial charge in [0.05, 0.1) is 12.2 Å². The summed E-state index contributed by atoms with van der Waals surface area (Å²) < 4.78 is 11.2. The quantitative estimate of drug-likeness (QED) is 0.463. The molecular weight excluding hydrogens is 327 g/mol. The summed E-state index contributed by atoms with van der Waals surface area (Å²) in [5.74, 6) is 0. The van der Waals surface area contributed by atoms with Crippen LogP contribution in [0.2, 0.25) is 0 Å². The van der Waals surface area contributed by atoms with Crippen LogP contribution < -0.4 is 10.6 Å². The Morgan fingerprint density at radius 2 is 1.40 bits per heavy atom. The third-order valence-corrected chi connectivity index (χ3v) is 7.32. The molecule has 2 nitrogen and oxygen atoms in total. The highest BCUT2D eigenvalue weighted by atomic mass is 31.1. The van der Waals surface area contributed by atoms with Crippen LogP contribution in [0.3, 0.4) is 0 Å². The van der Waals surface area contributed by atoms with Gasteiger partial charge in [0.15, 0.2) is 0 Å². The molecule has 0 saturated heterocycles. The zero-order chi connectivity index (χ0) is 17.8. The molecule has 0 radical (unpaired) electrons. The van der Waals surface area contributed by atoms with Gasteiger partial charge < -0.3 is 9.47 Å². The second-order valence-corrected chi connectivity index (χ2v) is 8.31. The number of rotatable bonds is 6. The van der Waals surface area contributed by atoms with E-state index in [0.717, 1.165) is 0 Å². The van der Waals surface area contributed by atoms with E-state index in [4.69, 9.17) is 9.47 Å². The molecule has 0 aliphatic heterocycles. The van der Waals surface area contributed by atoms with E-state index in [9.17, 15) is 0 Å². The van der Waals surface area contributed by atoms with Crippen molar-refractivity contribution < 1.29 is 9.47 Å². The third-order valence-electron chi connectivity index (χ3n) is 4.73. The fourth-order valence-electron chi connectivity index (χ4n) is 3.18. The van der Waals surface area contributed by atoms with Crippen molar-refractivity contribution in [2.75, 3.05) is 14.2 Å². The number of benzene rings is 1. The van der Waals surface area contributed by atoms with Crippen molar-refractivity contribution in [1.29, 1.82) is 0 Å². The zero-order valence-corrected chi connectivity index (χ0v) is 16.2. The van der Waals surface area contributed by atoms with E-state index >= 15 is 0 Å². The fourth-order valence-corrected chi connectivity index (χ4v) is 5.97. The topological polar surface area (TPSA) is 18.5 Å². The van der Waals surface area contributed by atoms with E-state index in [0.29, 0.717) is 0 Å². The van der Waals surface area contributed by atoms with Gasteiger partial charge >= 0.3 is 0 Å². The van der Waals surface area contributed by atoms with Crippen LogP contribution >= 0.6 is 7.55 Å². The van der Waals surface area contributed by atoms with E-state index < -0.39 is 7.55 Å². The van der Waals surface area contributed by atoms with Crippen LogP contribution in [0.15, 0.2) is 66.7 Å². The lowest BCUT2D eigenvalue weighted by Gasteiger charge is -2.19. The largest absolute Gasteiger partial charge is 0.379 e. The molecule has 3 rings (SSSR count). The standard InChI is InChI=1S/C22H25O2P/c1-16(23-3)19-12-8-14-21(19)25(18-10-6-5-7-11-18)22-15-9-13-20(22)17(2)24-4/h5-17H,1-4H3/q-2/t16-,17-/m0/s1. The Labute approximate surface area is 151 Å². The van der Waals surface area contributed by atoms with Crippen LogP contribution in [-0.2, 0) is 9.47 Å². The second kappa shape index (κ2) is 8.01. The molecule has 0 aliphatic rings. The molecule has 0 saturated carbocycles. The molecule has 0 spiro atoms. The predicted octanol–water partition coefficient (Wildman–Crippen LogP) is 4.92. The zero-order valence-electron chi connectivity index (χ0n) is 15.3. The molecule has 3 aromatic carbocycles. The molecule has 0 bridgehead atoms. The molecule has 2 atom stereocenters. The van der Waals surface area contributed by atoms with Gasteiger partial charge in [-0.3, -0.25) is 0 Å². The van der Waals surface area contributed by atoms with Crippen LogP contribution in [0.1, 0.15) is 37.2 Å². The maximum absolute atomic E-state index is 5.62. The molecule has 25 heavy (non-hydrogen) atoms. The van der Waals surface area contributed by atoms with Crippen molar-refractivity contribution in [3.63, 3.8) is 0 Å². The molecule has 0 unspecified atom stereocenters. The monoisotopic (exact) mass is 352 g/mol. The molecule has 0 fully saturated rings. The van der Waals surface area contributed by atoms with E-state index in [1.807, 2.05) is 0 Å². The molecular formula is C22H25O2P-2. The van der Waals surface area contributed by atoms with E-state index in [1.165, 1.54) is 26.7 Å². The SMILES string of the molecule is CO[C@@H](C)c1ccc[c-]1[P+](=c1cccc[cH-]1)[c-]1cccc1[C@H](C)OC. The maximum Gasteiger partial charge on any atom is 0.0604 e. The molecule has 0 aromatic heterocycles. The van der Waals surface area contributed by atoms with Gasteiger partial charge in [0.1, 0.15) is 0 Å². The molecule has 3 heteroatoms. The van der Waals surface area contributed by atoms with E-state index in [-0.39, 0.29) is 12.2 Å². The Morgan fingerprint density at radius 3 is 1.84 bits per heavy atom. The van der Waals surface area contributed by atoms with Gasteiger partial charge in [0.2, 0.25) is 0 Å². The summed E-state index contributed by atoms with van der Waals surface area (Å²) >= 11 is 0. The highest BCUT2D eigenvalue weighted by Gasteiger charge is 2.19. The van der Waals surface area contributed by atoms with Crippen LogP contribution in [0.25, 0.3) is 0 Å². The summed E-state index contributed by atoms with van der Waals surface area (Å²) in [6, 6.07) is 23.9. The Bertz CT molecular complexity index is 813. The summed E-state index contributed by atoms with van der Waals surface area (Å²) in [5.41, 5.74) is 2.55. The van der Waals surface area contributed by atoms with Gasteiger partial charge in [0, 0.05) is 37.3 Å². The summed E-state index contributed by atoms with van der Waals surface area (Å²) in [5, 5.41) is 2.73. The van der Waals surface area contributed by atoms with E-state index in [1.54, 1.807) is 14.2 Å². The Morgan fingerprint density at radius 1 is 0.840 bits per heavy atom. The summed E-state index contributed by atoms with van der Waals surface area (Å²) in [6.45, 7) is 4.22. The summed E-state index contributed by atoms with van der Waals surface area (Å²) in [6.07, 6.45) is 0.161. The minimum absolute atomic E-state index is 0.0805. The lowest BCUT2D eigenvalue weighted by molar-refractivity contribution is 0.120. The minimum Gasteiger partial charge on any atom is -0.379 e. The molecule has 0 amide bonds. The molecule has 0 aliphatic carbocycles. The maximum atomic E-state index is 5.62. The number of ether oxygens (including phenoxy) is 2. The van der Waals surface area contributed by atoms with Gasteiger partial charge in [-0.05, 0) is 13.8 Å². The van der Waals surface area contributed by atoms with Crippen LogP contribution in [0.4, 0.5) is 0 Å². The summed E-state index contributed by atoms with van der Waals surface area (Å²) in [4.78, 5) is 1.35. The normalized spacial score (nSPS) is 13.6. The van der Waals surface area contributed by atoms with Crippen molar-refractivity contribution >= 4 is 18.2 Å². The van der Waals surface area contributed by atoms with Gasteiger partial charge in [-0.2, -0.15) is 18.2 Å². The van der Waals surface area contributed by atoms with Crippen molar-refractivity contribution in [3.05, 3.63) is 82.8 Å². The average Bonchev–Trinajstić information content (AvgIpc) is 3.32. The lowest BCUT2D eigenvalue weighted by Crippen LogP contribution is -2.15. The highest BCUT2D eigenvalue weighted by molar-refractivity contribution is 7.66. The summed E-state index contributed by atoms with van der Waals surface area (Å²) in [7, 11) is 2.89. The van der Waals surface area contributed by atoms with E-state index in [2.05, 4.69) is 80.6 Å². The molecule has 3 aromatic rings. The number of methoxy groups -OCH3 is 2. The first kappa shape index (κ1) is 17.9. The van der Waals surface area contributed by atoms with Crippen molar-refractivity contribution in [3.8, 4) is 0 Å². The second-order valence-electron chi connectivity index (χ2n) is 6.16. The molecule has 132 valence electrons. The first-order valence-corrected chi connectivity index (χ1v) is 9.93. The highest BCUT2D eigenvalue weighted by Crippen LogP contribution is 2.35. The van der Waals surface area contributed by atoms with Crippen LogP contribution in [0.5, 0.6) is 0 Å². The first-order valence-electron chi connectivity index (χ1n) is 8.59. The van der Waals surface area contributed by atoms with Crippen LogP contribution in [0, 0.1) is 4.94 Å². The van der Waals surface area contributed by atoms with Gasteiger partial charge in [-0.25, -0.2) is 24.3 Å². The Kier molecular flexibility index (Phi) is 5.75. The fraction of sp³-hybridized carbons (Fsp3) is 0.273. The number of hydrogen-bond donors (Lipinski definition) is 0. The van der Waals surface area contributed by atoms with Gasteiger partial charge in [-0.1, -0.05) is 11.1 Å².